The van der Waals surface area contributed by atoms with Crippen LogP contribution in [0.15, 0.2) is 35.1 Å². The zero-order valence-electron chi connectivity index (χ0n) is 16.0. The molecule has 1 aromatic heterocycles. The maximum Gasteiger partial charge on any atom is 0.328 e. The van der Waals surface area contributed by atoms with Gasteiger partial charge in [0.1, 0.15) is 12.4 Å². The van der Waals surface area contributed by atoms with Gasteiger partial charge in [-0.25, -0.2) is 4.79 Å². The van der Waals surface area contributed by atoms with Crippen LogP contribution in [0.25, 0.3) is 11.0 Å². The molecule has 0 radical (unpaired) electrons. The van der Waals surface area contributed by atoms with Gasteiger partial charge in [-0.15, -0.1) is 0 Å². The third kappa shape index (κ3) is 2.58. The number of imidazole rings is 1. The molecule has 138 valence electrons. The minimum Gasteiger partial charge on any atom is -0.490 e. The first kappa shape index (κ1) is 17.2. The number of ether oxygens (including phenoxy) is 1. The van der Waals surface area contributed by atoms with Crippen molar-refractivity contribution >= 4 is 22.4 Å². The van der Waals surface area contributed by atoms with Crippen molar-refractivity contribution < 1.29 is 4.74 Å². The highest BCUT2D eigenvalue weighted by molar-refractivity contribution is 5.87. The molecule has 0 N–H and O–H groups in total. The molecule has 3 aromatic rings. The highest BCUT2D eigenvalue weighted by Crippen LogP contribution is 2.39. The van der Waals surface area contributed by atoms with E-state index in [0.717, 1.165) is 33.7 Å². The average molecular weight is 362 g/mol. The standard InChI is InChI=1S/C21H22N4O2/c1-13(2)16-10-15(11-18-20(16)24(4)21(26)23(18)3)25-7-8-27-19-6-5-14(12-22)9-17(19)25/h5-6,9-11,13H,7-8H2,1-4H3. The van der Waals surface area contributed by atoms with Crippen molar-refractivity contribution in [2.45, 2.75) is 19.8 Å². The van der Waals surface area contributed by atoms with Gasteiger partial charge in [0, 0.05) is 19.8 Å². The highest BCUT2D eigenvalue weighted by Gasteiger charge is 2.23. The van der Waals surface area contributed by atoms with Gasteiger partial charge in [0.05, 0.1) is 34.9 Å². The van der Waals surface area contributed by atoms with Crippen LogP contribution in [0.4, 0.5) is 11.4 Å². The minimum absolute atomic E-state index is 0.0294. The molecule has 0 spiro atoms. The number of nitriles is 1. The van der Waals surface area contributed by atoms with Crippen molar-refractivity contribution in [3.05, 3.63) is 51.9 Å². The molecule has 0 aliphatic carbocycles. The first-order valence-electron chi connectivity index (χ1n) is 9.06. The van der Waals surface area contributed by atoms with E-state index in [4.69, 9.17) is 4.74 Å². The Labute approximate surface area is 157 Å². The van der Waals surface area contributed by atoms with Crippen LogP contribution in [-0.4, -0.2) is 22.3 Å². The van der Waals surface area contributed by atoms with E-state index in [2.05, 4.69) is 36.9 Å². The average Bonchev–Trinajstić information content (AvgIpc) is 2.90. The van der Waals surface area contributed by atoms with Crippen LogP contribution in [0.2, 0.25) is 0 Å². The normalized spacial score (nSPS) is 13.6. The summed E-state index contributed by atoms with van der Waals surface area (Å²) < 4.78 is 9.19. The van der Waals surface area contributed by atoms with Gasteiger partial charge < -0.3 is 9.64 Å². The molecule has 1 aliphatic rings. The van der Waals surface area contributed by atoms with Crippen LogP contribution >= 0.6 is 0 Å². The SMILES string of the molecule is CC(C)c1cc(N2CCOc3ccc(C#N)cc32)cc2c1n(C)c(=O)n2C. The second-order valence-electron chi connectivity index (χ2n) is 7.25. The lowest BCUT2D eigenvalue weighted by molar-refractivity contribution is 0.314. The van der Waals surface area contributed by atoms with Crippen molar-refractivity contribution in [3.8, 4) is 11.8 Å². The number of hydrogen-bond donors (Lipinski definition) is 0. The molecule has 0 saturated heterocycles. The molecule has 6 heteroatoms. The van der Waals surface area contributed by atoms with Crippen LogP contribution in [-0.2, 0) is 14.1 Å². The Morgan fingerprint density at radius 1 is 1.15 bits per heavy atom. The lowest BCUT2D eigenvalue weighted by Gasteiger charge is -2.32. The summed E-state index contributed by atoms with van der Waals surface area (Å²) in [6.07, 6.45) is 0. The molecule has 0 amide bonds. The van der Waals surface area contributed by atoms with Crippen molar-refractivity contribution in [1.82, 2.24) is 9.13 Å². The van der Waals surface area contributed by atoms with E-state index in [9.17, 15) is 10.1 Å². The van der Waals surface area contributed by atoms with Crippen molar-refractivity contribution in [3.63, 3.8) is 0 Å². The molecule has 0 fully saturated rings. The number of benzene rings is 2. The van der Waals surface area contributed by atoms with E-state index in [1.807, 2.05) is 19.2 Å². The smallest absolute Gasteiger partial charge is 0.328 e. The van der Waals surface area contributed by atoms with Crippen molar-refractivity contribution in [2.75, 3.05) is 18.1 Å². The number of rotatable bonds is 2. The number of hydrogen-bond acceptors (Lipinski definition) is 4. The number of aryl methyl sites for hydroxylation is 2. The van der Waals surface area contributed by atoms with Crippen LogP contribution in [0.3, 0.4) is 0 Å². The van der Waals surface area contributed by atoms with E-state index in [1.54, 1.807) is 22.2 Å². The fourth-order valence-electron chi connectivity index (χ4n) is 3.82. The van der Waals surface area contributed by atoms with E-state index >= 15 is 0 Å². The monoisotopic (exact) mass is 362 g/mol. The highest BCUT2D eigenvalue weighted by atomic mass is 16.5. The predicted octanol–water partition coefficient (Wildman–Crippen LogP) is 3.40. The molecule has 4 rings (SSSR count). The summed E-state index contributed by atoms with van der Waals surface area (Å²) in [6, 6.07) is 11.9. The lowest BCUT2D eigenvalue weighted by Crippen LogP contribution is -2.28. The number of aromatic nitrogens is 2. The summed E-state index contributed by atoms with van der Waals surface area (Å²) in [6.45, 7) is 5.53. The Balaban J connectivity index is 1.98. The zero-order chi connectivity index (χ0) is 19.3. The molecule has 0 bridgehead atoms. The third-order valence-corrected chi connectivity index (χ3v) is 5.26. The van der Waals surface area contributed by atoms with E-state index in [-0.39, 0.29) is 11.6 Å². The number of anilines is 2. The molecule has 6 nitrogen and oxygen atoms in total. The zero-order valence-corrected chi connectivity index (χ0v) is 16.0. The predicted molar refractivity (Wildman–Crippen MR) is 106 cm³/mol. The Morgan fingerprint density at radius 2 is 1.93 bits per heavy atom. The second-order valence-corrected chi connectivity index (χ2v) is 7.25. The molecule has 2 heterocycles. The summed E-state index contributed by atoms with van der Waals surface area (Å²) >= 11 is 0. The largest absolute Gasteiger partial charge is 0.490 e. The molecule has 27 heavy (non-hydrogen) atoms. The summed E-state index contributed by atoms with van der Waals surface area (Å²) in [5.41, 5.74) is 5.47. The van der Waals surface area contributed by atoms with E-state index < -0.39 is 0 Å². The van der Waals surface area contributed by atoms with Gasteiger partial charge in [-0.3, -0.25) is 9.13 Å². The van der Waals surface area contributed by atoms with E-state index in [1.165, 1.54) is 0 Å². The molecule has 0 saturated carbocycles. The first-order chi connectivity index (χ1) is 12.9. The fourth-order valence-corrected chi connectivity index (χ4v) is 3.82. The Bertz CT molecular complexity index is 1150. The Morgan fingerprint density at radius 3 is 2.63 bits per heavy atom. The van der Waals surface area contributed by atoms with Crippen LogP contribution < -0.4 is 15.3 Å². The number of fused-ring (bicyclic) bond motifs is 2. The first-order valence-corrected chi connectivity index (χ1v) is 9.06. The van der Waals surface area contributed by atoms with Gasteiger partial charge in [-0.05, 0) is 41.8 Å². The molecular formula is C21H22N4O2. The number of nitrogens with zero attached hydrogens (tertiary/aromatic N) is 4. The third-order valence-electron chi connectivity index (χ3n) is 5.26. The fraction of sp³-hybridized carbons (Fsp3) is 0.333. The quantitative estimate of drug-likeness (QED) is 0.701. The van der Waals surface area contributed by atoms with Gasteiger partial charge in [-0.1, -0.05) is 13.8 Å². The molecular weight excluding hydrogens is 340 g/mol. The van der Waals surface area contributed by atoms with Crippen LogP contribution in [0.1, 0.15) is 30.9 Å². The van der Waals surface area contributed by atoms with Gasteiger partial charge >= 0.3 is 5.69 Å². The topological polar surface area (TPSA) is 63.2 Å². The maximum absolute atomic E-state index is 12.5. The molecule has 1 aliphatic heterocycles. The van der Waals surface area contributed by atoms with Gasteiger partial charge in [0.25, 0.3) is 0 Å². The van der Waals surface area contributed by atoms with Crippen LogP contribution in [0, 0.1) is 11.3 Å². The van der Waals surface area contributed by atoms with Gasteiger partial charge in [0.2, 0.25) is 0 Å². The minimum atomic E-state index is -0.0294. The van der Waals surface area contributed by atoms with E-state index in [0.29, 0.717) is 18.7 Å². The Kier molecular flexibility index (Phi) is 3.96. The summed E-state index contributed by atoms with van der Waals surface area (Å²) in [5, 5.41) is 9.27. The molecule has 2 aromatic carbocycles. The van der Waals surface area contributed by atoms with Crippen LogP contribution in [0.5, 0.6) is 5.75 Å². The van der Waals surface area contributed by atoms with Gasteiger partial charge in [-0.2, -0.15) is 5.26 Å². The summed E-state index contributed by atoms with van der Waals surface area (Å²) in [4.78, 5) is 14.7. The summed E-state index contributed by atoms with van der Waals surface area (Å²) in [7, 11) is 3.62. The van der Waals surface area contributed by atoms with Crippen molar-refractivity contribution in [2.24, 2.45) is 14.1 Å². The lowest BCUT2D eigenvalue weighted by atomic mass is 9.99. The van der Waals surface area contributed by atoms with Gasteiger partial charge in [0.15, 0.2) is 0 Å². The second kappa shape index (κ2) is 6.20. The Hall–Kier alpha value is -3.20. The maximum atomic E-state index is 12.5. The molecule has 0 unspecified atom stereocenters. The van der Waals surface area contributed by atoms with Crippen molar-refractivity contribution in [1.29, 1.82) is 5.26 Å². The summed E-state index contributed by atoms with van der Waals surface area (Å²) in [5.74, 6) is 1.04. The molecule has 0 atom stereocenters.